The van der Waals surface area contributed by atoms with Crippen LogP contribution in [-0.2, 0) is 42.7 Å². The Balaban J connectivity index is 3.02. The highest BCUT2D eigenvalue weighted by Crippen LogP contribution is 1.88. The van der Waals surface area contributed by atoms with Crippen LogP contribution in [0.5, 0.6) is 0 Å². The van der Waals surface area contributed by atoms with E-state index in [9.17, 15) is 4.79 Å². The van der Waals surface area contributed by atoms with Gasteiger partial charge in [-0.25, -0.2) is 4.79 Å². The monoisotopic (exact) mass is 436 g/mol. The fourth-order valence-electron chi connectivity index (χ4n) is 1.93. The van der Waals surface area contributed by atoms with Gasteiger partial charge >= 0.3 is 5.97 Å². The normalized spacial score (nSPS) is 11.0. The molecule has 0 heterocycles. The molecule has 0 aromatic rings. The number of rotatable bonds is 25. The topological polar surface area (TPSA) is 90.9 Å². The molecule has 9 nitrogen and oxygen atoms in total. The molecule has 0 N–H and O–H groups in total. The second-order valence-corrected chi connectivity index (χ2v) is 6.01. The largest absolute Gasteiger partial charge is 0.460 e. The Bertz CT molecular complexity index is 366. The van der Waals surface area contributed by atoms with Gasteiger partial charge in [0.2, 0.25) is 0 Å². The van der Waals surface area contributed by atoms with E-state index < -0.39 is 5.97 Å². The van der Waals surface area contributed by atoms with Crippen molar-refractivity contribution >= 4 is 5.97 Å². The summed E-state index contributed by atoms with van der Waals surface area (Å²) >= 11 is 0. The average Bonchev–Trinajstić information content (AvgIpc) is 2.76. The summed E-state index contributed by atoms with van der Waals surface area (Å²) in [7, 11) is 0. The van der Waals surface area contributed by atoms with Gasteiger partial charge in [-0.15, -0.1) is 0 Å². The van der Waals surface area contributed by atoms with Gasteiger partial charge in [0, 0.05) is 12.7 Å². The van der Waals surface area contributed by atoms with Crippen molar-refractivity contribution < 1.29 is 42.7 Å². The van der Waals surface area contributed by atoms with Gasteiger partial charge in [-0.3, -0.25) is 0 Å². The van der Waals surface area contributed by atoms with Crippen molar-refractivity contribution in [2.75, 3.05) is 99.1 Å². The molecule has 9 heteroatoms. The molecule has 0 amide bonds. The van der Waals surface area contributed by atoms with Crippen LogP contribution in [0.15, 0.2) is 12.7 Å². The Kier molecular flexibility index (Phi) is 25.0. The van der Waals surface area contributed by atoms with Crippen LogP contribution in [0, 0.1) is 0 Å². The van der Waals surface area contributed by atoms with E-state index in [1.54, 1.807) is 0 Å². The molecule has 0 bridgehead atoms. The van der Waals surface area contributed by atoms with Crippen molar-refractivity contribution in [3.63, 3.8) is 0 Å². The van der Waals surface area contributed by atoms with Crippen molar-refractivity contribution in [1.29, 1.82) is 0 Å². The minimum absolute atomic E-state index is 0.210. The summed E-state index contributed by atoms with van der Waals surface area (Å²) in [6.07, 6.45) is 3.36. The molecule has 0 fully saturated rings. The zero-order chi connectivity index (χ0) is 22.0. The number of hydrogen-bond acceptors (Lipinski definition) is 9. The summed E-state index contributed by atoms with van der Waals surface area (Å²) in [6, 6.07) is 0. The van der Waals surface area contributed by atoms with Crippen LogP contribution in [0.1, 0.15) is 19.8 Å². The molecule has 0 aromatic carbocycles. The van der Waals surface area contributed by atoms with Crippen molar-refractivity contribution in [1.82, 2.24) is 0 Å². The Labute approximate surface area is 180 Å². The Morgan fingerprint density at radius 2 is 0.867 bits per heavy atom. The molecular weight excluding hydrogens is 396 g/mol. The third-order valence-electron chi connectivity index (χ3n) is 3.51. The van der Waals surface area contributed by atoms with Crippen molar-refractivity contribution in [3.8, 4) is 0 Å². The van der Waals surface area contributed by atoms with Gasteiger partial charge < -0.3 is 37.9 Å². The molecule has 0 aliphatic carbocycles. The molecule has 0 saturated heterocycles. The van der Waals surface area contributed by atoms with Crippen LogP contribution < -0.4 is 0 Å². The summed E-state index contributed by atoms with van der Waals surface area (Å²) in [4.78, 5) is 10.8. The molecule has 0 atom stereocenters. The molecule has 178 valence electrons. The van der Waals surface area contributed by atoms with Gasteiger partial charge in [-0.2, -0.15) is 0 Å². The van der Waals surface area contributed by atoms with E-state index in [-0.39, 0.29) is 6.61 Å². The molecule has 0 radical (unpaired) electrons. The molecular formula is C21H40O9. The molecule has 0 spiro atoms. The van der Waals surface area contributed by atoms with E-state index in [4.69, 9.17) is 37.9 Å². The Morgan fingerprint density at radius 3 is 1.17 bits per heavy atom. The maximum absolute atomic E-state index is 10.8. The van der Waals surface area contributed by atoms with Crippen molar-refractivity contribution in [3.05, 3.63) is 12.7 Å². The second kappa shape index (κ2) is 26.0. The lowest BCUT2D eigenvalue weighted by Gasteiger charge is -2.08. The smallest absolute Gasteiger partial charge is 0.330 e. The quantitative estimate of drug-likeness (QED) is 0.120. The SMILES string of the molecule is C=CC(=O)OCCOCCOCCOCCOCCOCCOCCOCCCC. The van der Waals surface area contributed by atoms with Gasteiger partial charge in [0.05, 0.1) is 85.9 Å². The summed E-state index contributed by atoms with van der Waals surface area (Å²) in [5.74, 6) is -0.451. The van der Waals surface area contributed by atoms with Crippen LogP contribution >= 0.6 is 0 Å². The number of unbranched alkanes of at least 4 members (excludes halogenated alkanes) is 1. The first kappa shape index (κ1) is 28.9. The maximum Gasteiger partial charge on any atom is 0.330 e. The van der Waals surface area contributed by atoms with Crippen LogP contribution in [-0.4, -0.2) is 105 Å². The molecule has 0 unspecified atom stereocenters. The van der Waals surface area contributed by atoms with Gasteiger partial charge in [0.25, 0.3) is 0 Å². The molecule has 0 saturated carbocycles. The van der Waals surface area contributed by atoms with Gasteiger partial charge in [0.15, 0.2) is 0 Å². The Morgan fingerprint density at radius 1 is 0.567 bits per heavy atom. The first-order valence-corrected chi connectivity index (χ1v) is 10.6. The summed E-state index contributed by atoms with van der Waals surface area (Å²) in [6.45, 7) is 13.1. The number of carbonyl (C=O) groups excluding carboxylic acids is 1. The van der Waals surface area contributed by atoms with E-state index in [0.717, 1.165) is 25.5 Å². The van der Waals surface area contributed by atoms with E-state index in [1.807, 2.05) is 0 Å². The molecule has 0 aromatic heterocycles. The highest BCUT2D eigenvalue weighted by molar-refractivity contribution is 5.81. The van der Waals surface area contributed by atoms with Crippen molar-refractivity contribution in [2.24, 2.45) is 0 Å². The van der Waals surface area contributed by atoms with E-state index in [0.29, 0.717) is 85.9 Å². The minimum atomic E-state index is -0.451. The number of hydrogen-bond donors (Lipinski definition) is 0. The number of carbonyl (C=O) groups is 1. The predicted molar refractivity (Wildman–Crippen MR) is 112 cm³/mol. The molecule has 0 aliphatic rings. The first-order valence-electron chi connectivity index (χ1n) is 10.6. The third kappa shape index (κ3) is 25.0. The third-order valence-corrected chi connectivity index (χ3v) is 3.51. The van der Waals surface area contributed by atoms with Crippen molar-refractivity contribution in [2.45, 2.75) is 19.8 Å². The molecule has 30 heavy (non-hydrogen) atoms. The number of esters is 1. The maximum atomic E-state index is 10.8. The zero-order valence-electron chi connectivity index (χ0n) is 18.5. The molecule has 0 rings (SSSR count). The fourth-order valence-corrected chi connectivity index (χ4v) is 1.93. The van der Waals surface area contributed by atoms with Gasteiger partial charge in [0.1, 0.15) is 6.61 Å². The second-order valence-electron chi connectivity index (χ2n) is 6.01. The van der Waals surface area contributed by atoms with Crippen LogP contribution in [0.3, 0.4) is 0 Å². The molecule has 0 aliphatic heterocycles. The highest BCUT2D eigenvalue weighted by atomic mass is 16.6. The summed E-state index contributed by atoms with van der Waals surface area (Å²) in [5, 5.41) is 0. The van der Waals surface area contributed by atoms with E-state index in [1.165, 1.54) is 0 Å². The fraction of sp³-hybridized carbons (Fsp3) is 0.857. The summed E-state index contributed by atoms with van der Waals surface area (Å²) in [5.41, 5.74) is 0. The minimum Gasteiger partial charge on any atom is -0.460 e. The lowest BCUT2D eigenvalue weighted by atomic mass is 10.4. The standard InChI is InChI=1S/C21H40O9/c1-3-5-6-23-7-8-24-9-10-25-11-12-26-13-14-27-15-16-28-17-18-29-19-20-30-21(22)4-2/h4H,2-3,5-20H2,1H3. The van der Waals surface area contributed by atoms with Crippen LogP contribution in [0.4, 0.5) is 0 Å². The average molecular weight is 437 g/mol. The summed E-state index contributed by atoms with van der Waals surface area (Å²) < 4.78 is 42.4. The lowest BCUT2D eigenvalue weighted by molar-refractivity contribution is -0.139. The van der Waals surface area contributed by atoms with Crippen LogP contribution in [0.2, 0.25) is 0 Å². The van der Waals surface area contributed by atoms with E-state index >= 15 is 0 Å². The predicted octanol–water partition coefficient (Wildman–Crippen LogP) is 1.63. The van der Waals surface area contributed by atoms with E-state index in [2.05, 4.69) is 13.5 Å². The number of ether oxygens (including phenoxy) is 8. The van der Waals surface area contributed by atoms with Crippen LogP contribution in [0.25, 0.3) is 0 Å². The van der Waals surface area contributed by atoms with Gasteiger partial charge in [-0.1, -0.05) is 19.9 Å². The van der Waals surface area contributed by atoms with Gasteiger partial charge in [-0.05, 0) is 6.42 Å². The Hall–Kier alpha value is -1.07. The lowest BCUT2D eigenvalue weighted by Crippen LogP contribution is -2.15. The first-order chi connectivity index (χ1) is 14.8. The highest BCUT2D eigenvalue weighted by Gasteiger charge is 1.96. The zero-order valence-corrected chi connectivity index (χ0v) is 18.5.